The van der Waals surface area contributed by atoms with Crippen LogP contribution in [-0.2, 0) is 4.79 Å². The molecule has 1 atom stereocenters. The SMILES string of the molecule is O=C(O)C(F)(F)C(O)c1ccc(Br)cc1. The van der Waals surface area contributed by atoms with Crippen LogP contribution in [0.4, 0.5) is 8.78 Å². The first kappa shape index (κ1) is 12.1. The number of carboxylic acids is 1. The highest BCUT2D eigenvalue weighted by atomic mass is 79.9. The Labute approximate surface area is 92.5 Å². The first-order valence-corrected chi connectivity index (χ1v) is 4.69. The van der Waals surface area contributed by atoms with Crippen LogP contribution in [-0.4, -0.2) is 22.1 Å². The molecule has 15 heavy (non-hydrogen) atoms. The minimum absolute atomic E-state index is 0.148. The molecule has 3 nitrogen and oxygen atoms in total. The summed E-state index contributed by atoms with van der Waals surface area (Å²) in [5.41, 5.74) is -0.148. The summed E-state index contributed by atoms with van der Waals surface area (Å²) in [7, 11) is 0. The summed E-state index contributed by atoms with van der Waals surface area (Å²) in [5.74, 6) is -6.54. The number of halogens is 3. The third-order valence-corrected chi connectivity index (χ3v) is 2.34. The number of carbonyl (C=O) groups is 1. The van der Waals surface area contributed by atoms with Crippen molar-refractivity contribution in [3.05, 3.63) is 34.3 Å². The molecule has 1 unspecified atom stereocenters. The average Bonchev–Trinajstić information content (AvgIpc) is 2.17. The predicted molar refractivity (Wildman–Crippen MR) is 51.7 cm³/mol. The molecule has 0 aliphatic rings. The predicted octanol–water partition coefficient (Wildman–Crippen LogP) is 2.20. The normalized spacial score (nSPS) is 13.6. The first-order chi connectivity index (χ1) is 6.85. The van der Waals surface area contributed by atoms with Crippen LogP contribution in [0.2, 0.25) is 0 Å². The molecule has 0 aliphatic heterocycles. The van der Waals surface area contributed by atoms with Gasteiger partial charge in [0.1, 0.15) is 0 Å². The number of benzene rings is 1. The largest absolute Gasteiger partial charge is 0.477 e. The summed E-state index contributed by atoms with van der Waals surface area (Å²) in [6.07, 6.45) is -2.34. The van der Waals surface area contributed by atoms with E-state index in [2.05, 4.69) is 15.9 Å². The van der Waals surface area contributed by atoms with Crippen molar-refractivity contribution < 1.29 is 23.8 Å². The fourth-order valence-corrected chi connectivity index (χ4v) is 1.24. The smallest absolute Gasteiger partial charge is 0.377 e. The van der Waals surface area contributed by atoms with Crippen LogP contribution in [0, 0.1) is 0 Å². The number of aliphatic hydroxyl groups excluding tert-OH is 1. The van der Waals surface area contributed by atoms with E-state index in [1.807, 2.05) is 0 Å². The molecule has 0 fully saturated rings. The molecule has 0 aliphatic carbocycles. The van der Waals surface area contributed by atoms with Crippen molar-refractivity contribution in [2.75, 3.05) is 0 Å². The van der Waals surface area contributed by atoms with E-state index in [4.69, 9.17) is 10.2 Å². The number of rotatable bonds is 3. The molecular formula is C9H7BrF2O3. The molecule has 1 aromatic rings. The lowest BCUT2D eigenvalue weighted by Crippen LogP contribution is -2.35. The Morgan fingerprint density at radius 2 is 1.80 bits per heavy atom. The van der Waals surface area contributed by atoms with Gasteiger partial charge in [-0.15, -0.1) is 0 Å². The lowest BCUT2D eigenvalue weighted by atomic mass is 10.0. The maximum absolute atomic E-state index is 12.9. The fraction of sp³-hybridized carbons (Fsp3) is 0.222. The highest BCUT2D eigenvalue weighted by molar-refractivity contribution is 9.10. The van der Waals surface area contributed by atoms with Gasteiger partial charge in [-0.25, -0.2) is 4.79 Å². The molecule has 1 rings (SSSR count). The van der Waals surface area contributed by atoms with Crippen molar-refractivity contribution in [3.63, 3.8) is 0 Å². The van der Waals surface area contributed by atoms with Crippen molar-refractivity contribution in [2.45, 2.75) is 12.0 Å². The second-order valence-electron chi connectivity index (χ2n) is 2.88. The van der Waals surface area contributed by atoms with E-state index in [1.165, 1.54) is 24.3 Å². The van der Waals surface area contributed by atoms with Crippen molar-refractivity contribution in [3.8, 4) is 0 Å². The second kappa shape index (κ2) is 4.24. The van der Waals surface area contributed by atoms with E-state index < -0.39 is 18.0 Å². The third kappa shape index (κ3) is 2.51. The summed E-state index contributed by atoms with van der Waals surface area (Å²) in [4.78, 5) is 10.2. The van der Waals surface area contributed by atoms with Crippen molar-refractivity contribution in [1.29, 1.82) is 0 Å². The van der Waals surface area contributed by atoms with Crippen molar-refractivity contribution in [1.82, 2.24) is 0 Å². The van der Waals surface area contributed by atoms with Gasteiger partial charge in [-0.1, -0.05) is 28.1 Å². The van der Waals surface area contributed by atoms with Crippen LogP contribution in [0.3, 0.4) is 0 Å². The number of alkyl halides is 2. The second-order valence-corrected chi connectivity index (χ2v) is 3.80. The zero-order valence-electron chi connectivity index (χ0n) is 7.32. The monoisotopic (exact) mass is 280 g/mol. The van der Waals surface area contributed by atoms with Gasteiger partial charge in [-0.05, 0) is 17.7 Å². The maximum atomic E-state index is 12.9. The Kier molecular flexibility index (Phi) is 3.41. The standard InChI is InChI=1S/C9H7BrF2O3/c10-6-3-1-5(2-4-6)7(13)9(11,12)8(14)15/h1-4,7,13H,(H,14,15). The van der Waals surface area contributed by atoms with Gasteiger partial charge in [0.2, 0.25) is 0 Å². The Morgan fingerprint density at radius 3 is 2.20 bits per heavy atom. The lowest BCUT2D eigenvalue weighted by molar-refractivity contribution is -0.182. The third-order valence-electron chi connectivity index (χ3n) is 1.81. The van der Waals surface area contributed by atoms with E-state index in [0.29, 0.717) is 4.47 Å². The summed E-state index contributed by atoms with van der Waals surface area (Å²) >= 11 is 3.09. The molecular weight excluding hydrogens is 274 g/mol. The molecule has 6 heteroatoms. The van der Waals surface area contributed by atoms with Gasteiger partial charge < -0.3 is 10.2 Å². The molecule has 0 spiro atoms. The number of hydrogen-bond acceptors (Lipinski definition) is 2. The van der Waals surface area contributed by atoms with Gasteiger partial charge in [0, 0.05) is 4.47 Å². The van der Waals surface area contributed by atoms with Gasteiger partial charge in [-0.3, -0.25) is 0 Å². The summed E-state index contributed by atoms with van der Waals surface area (Å²) < 4.78 is 26.4. The van der Waals surface area contributed by atoms with E-state index in [0.717, 1.165) is 0 Å². The Bertz CT molecular complexity index is 364. The van der Waals surface area contributed by atoms with Crippen LogP contribution in [0.1, 0.15) is 11.7 Å². The van der Waals surface area contributed by atoms with E-state index >= 15 is 0 Å². The minimum Gasteiger partial charge on any atom is -0.477 e. The van der Waals surface area contributed by atoms with Crippen molar-refractivity contribution >= 4 is 21.9 Å². The highest BCUT2D eigenvalue weighted by Gasteiger charge is 2.47. The molecule has 0 amide bonds. The molecule has 82 valence electrons. The van der Waals surface area contributed by atoms with Gasteiger partial charge >= 0.3 is 11.9 Å². The van der Waals surface area contributed by atoms with Gasteiger partial charge in [0.25, 0.3) is 0 Å². The topological polar surface area (TPSA) is 57.5 Å². The van der Waals surface area contributed by atoms with Crippen LogP contribution in [0.15, 0.2) is 28.7 Å². The summed E-state index contributed by atoms with van der Waals surface area (Å²) in [6, 6.07) is 5.34. The fourth-order valence-electron chi connectivity index (χ4n) is 0.971. The molecule has 0 radical (unpaired) electrons. The Morgan fingerprint density at radius 1 is 1.33 bits per heavy atom. The van der Waals surface area contributed by atoms with Crippen LogP contribution in [0.25, 0.3) is 0 Å². The van der Waals surface area contributed by atoms with E-state index in [9.17, 15) is 13.6 Å². The zero-order valence-corrected chi connectivity index (χ0v) is 8.91. The maximum Gasteiger partial charge on any atom is 0.377 e. The van der Waals surface area contributed by atoms with Crippen molar-refractivity contribution in [2.24, 2.45) is 0 Å². The quantitative estimate of drug-likeness (QED) is 0.893. The molecule has 1 aromatic carbocycles. The Balaban J connectivity index is 2.99. The summed E-state index contributed by atoms with van der Waals surface area (Å²) in [5, 5.41) is 17.4. The molecule has 0 bridgehead atoms. The molecule has 0 heterocycles. The highest BCUT2D eigenvalue weighted by Crippen LogP contribution is 2.31. The lowest BCUT2D eigenvalue weighted by Gasteiger charge is -2.18. The Hall–Kier alpha value is -1.01. The van der Waals surface area contributed by atoms with E-state index in [1.54, 1.807) is 0 Å². The van der Waals surface area contributed by atoms with Crippen LogP contribution >= 0.6 is 15.9 Å². The average molecular weight is 281 g/mol. The molecule has 0 aromatic heterocycles. The van der Waals surface area contributed by atoms with Crippen LogP contribution < -0.4 is 0 Å². The molecule has 0 saturated carbocycles. The van der Waals surface area contributed by atoms with Gasteiger partial charge in [0.05, 0.1) is 0 Å². The first-order valence-electron chi connectivity index (χ1n) is 3.90. The van der Waals surface area contributed by atoms with Gasteiger partial charge in [0.15, 0.2) is 6.10 Å². The molecule has 2 N–H and O–H groups in total. The van der Waals surface area contributed by atoms with Gasteiger partial charge in [-0.2, -0.15) is 8.78 Å². The van der Waals surface area contributed by atoms with Crippen LogP contribution in [0.5, 0.6) is 0 Å². The van der Waals surface area contributed by atoms with E-state index in [-0.39, 0.29) is 5.56 Å². The number of aliphatic carboxylic acids is 1. The zero-order chi connectivity index (χ0) is 11.6. The number of aliphatic hydroxyl groups is 1. The molecule has 0 saturated heterocycles. The number of hydrogen-bond donors (Lipinski definition) is 2. The summed E-state index contributed by atoms with van der Waals surface area (Å²) in [6.45, 7) is 0. The minimum atomic E-state index is -4.19. The number of carboxylic acid groups (broad SMARTS) is 1.